The lowest BCUT2D eigenvalue weighted by Crippen LogP contribution is -2.50. The van der Waals surface area contributed by atoms with Crippen LogP contribution in [0.5, 0.6) is 0 Å². The number of piperazine rings is 1. The molecule has 0 atom stereocenters. The van der Waals surface area contributed by atoms with Crippen LogP contribution in [0.15, 0.2) is 53.4 Å². The second-order valence-corrected chi connectivity index (χ2v) is 10.0. The molecule has 1 N–H and O–H groups in total. The fourth-order valence-corrected chi connectivity index (χ4v) is 5.51. The molecule has 0 spiro atoms. The number of nitro groups is 1. The Hall–Kier alpha value is -2.80. The molecule has 0 unspecified atom stereocenters. The molecular weight excluding hydrogens is 466 g/mol. The number of hydrogen-bond acceptors (Lipinski definition) is 7. The van der Waals surface area contributed by atoms with Crippen LogP contribution in [-0.2, 0) is 14.8 Å². The minimum absolute atomic E-state index is 0.0755. The van der Waals surface area contributed by atoms with Gasteiger partial charge in [-0.15, -0.1) is 0 Å². The van der Waals surface area contributed by atoms with Crippen LogP contribution in [0.25, 0.3) is 0 Å². The van der Waals surface area contributed by atoms with E-state index < -0.39 is 14.9 Å². The van der Waals surface area contributed by atoms with Crippen molar-refractivity contribution >= 4 is 44.4 Å². The third-order valence-corrected chi connectivity index (χ3v) is 7.98. The lowest BCUT2D eigenvalue weighted by molar-refractivity contribution is -0.384. The second-order valence-electron chi connectivity index (χ2n) is 7.72. The second kappa shape index (κ2) is 10.00. The molecule has 2 saturated heterocycles. The Labute approximate surface area is 197 Å². The maximum Gasteiger partial charge on any atom is 0.269 e. The highest BCUT2D eigenvalue weighted by molar-refractivity contribution is 7.89. The minimum atomic E-state index is -3.53. The summed E-state index contributed by atoms with van der Waals surface area (Å²) in [5.74, 6) is 0. The van der Waals surface area contributed by atoms with Gasteiger partial charge in [0.05, 0.1) is 23.0 Å². The number of morpholine rings is 1. The van der Waals surface area contributed by atoms with Crippen molar-refractivity contribution in [3.8, 4) is 0 Å². The van der Waals surface area contributed by atoms with Crippen molar-refractivity contribution in [2.75, 3.05) is 62.7 Å². The zero-order chi connectivity index (χ0) is 23.4. The Balaban J connectivity index is 1.31. The Morgan fingerprint density at radius 1 is 0.939 bits per heavy atom. The van der Waals surface area contributed by atoms with E-state index in [2.05, 4.69) is 15.1 Å². The van der Waals surface area contributed by atoms with E-state index in [1.165, 1.54) is 16.4 Å². The number of nitrogens with zero attached hydrogens (tertiary/aromatic N) is 4. The lowest BCUT2D eigenvalue weighted by atomic mass is 10.2. The number of hydrogen-bond donors (Lipinski definition) is 1. The number of anilines is 2. The van der Waals surface area contributed by atoms with Crippen LogP contribution in [-0.4, -0.2) is 80.1 Å². The Kier molecular flexibility index (Phi) is 7.08. The molecule has 2 heterocycles. The van der Waals surface area contributed by atoms with Crippen molar-refractivity contribution in [1.82, 2.24) is 9.21 Å². The molecule has 2 aliphatic heterocycles. The summed E-state index contributed by atoms with van der Waals surface area (Å²) < 4.78 is 32.2. The quantitative estimate of drug-likeness (QED) is 0.382. The van der Waals surface area contributed by atoms with Crippen LogP contribution in [0, 0.1) is 10.1 Å². The molecule has 0 radical (unpaired) electrons. The number of non-ortho nitro benzene ring substituents is 1. The SMILES string of the molecule is O=[N+]([O-])c1ccc(N2CCN(C(=S)Nc3ccc(S(=O)(=O)N4CCOCC4)cc3)CC2)cc1. The van der Waals surface area contributed by atoms with Gasteiger partial charge in [0.15, 0.2) is 5.11 Å². The fraction of sp³-hybridized carbons (Fsp3) is 0.381. The van der Waals surface area contributed by atoms with Gasteiger partial charge in [-0.25, -0.2) is 8.42 Å². The number of nitro benzene ring substituents is 1. The van der Waals surface area contributed by atoms with Crippen LogP contribution in [0.3, 0.4) is 0 Å². The highest BCUT2D eigenvalue weighted by Gasteiger charge is 2.26. The van der Waals surface area contributed by atoms with E-state index in [0.29, 0.717) is 44.5 Å². The third-order valence-electron chi connectivity index (χ3n) is 5.71. The molecule has 33 heavy (non-hydrogen) atoms. The summed E-state index contributed by atoms with van der Waals surface area (Å²) >= 11 is 5.55. The molecule has 2 fully saturated rings. The van der Waals surface area contributed by atoms with E-state index in [9.17, 15) is 18.5 Å². The summed E-state index contributed by atoms with van der Waals surface area (Å²) in [5, 5.41) is 14.6. The zero-order valence-corrected chi connectivity index (χ0v) is 19.6. The normalized spacial score (nSPS) is 17.6. The molecule has 0 aromatic heterocycles. The number of sulfonamides is 1. The minimum Gasteiger partial charge on any atom is -0.379 e. The van der Waals surface area contributed by atoms with Gasteiger partial charge >= 0.3 is 0 Å². The van der Waals surface area contributed by atoms with E-state index >= 15 is 0 Å². The standard InChI is InChI=1S/C21H25N5O5S2/c27-26(28)19-5-3-18(4-6-19)23-9-11-24(12-10-23)21(32)22-17-1-7-20(8-2-17)33(29,30)25-13-15-31-16-14-25/h1-8H,9-16H2,(H,22,32). The molecule has 4 rings (SSSR count). The summed E-state index contributed by atoms with van der Waals surface area (Å²) in [6.45, 7) is 4.40. The van der Waals surface area contributed by atoms with Crippen molar-refractivity contribution in [3.05, 3.63) is 58.6 Å². The van der Waals surface area contributed by atoms with Crippen molar-refractivity contribution in [2.45, 2.75) is 4.90 Å². The van der Waals surface area contributed by atoms with Gasteiger partial charge in [-0.05, 0) is 48.6 Å². The average Bonchev–Trinajstić information content (AvgIpc) is 2.85. The largest absolute Gasteiger partial charge is 0.379 e. The van der Waals surface area contributed by atoms with Crippen molar-refractivity contribution in [2.24, 2.45) is 0 Å². The molecule has 0 saturated carbocycles. The predicted molar refractivity (Wildman–Crippen MR) is 129 cm³/mol. The van der Waals surface area contributed by atoms with Crippen molar-refractivity contribution < 1.29 is 18.1 Å². The lowest BCUT2D eigenvalue weighted by Gasteiger charge is -2.37. The molecule has 176 valence electrons. The van der Waals surface area contributed by atoms with Gasteiger partial charge in [0.2, 0.25) is 10.0 Å². The van der Waals surface area contributed by atoms with Gasteiger partial charge < -0.3 is 19.9 Å². The maximum atomic E-state index is 12.7. The molecule has 0 bridgehead atoms. The summed E-state index contributed by atoms with van der Waals surface area (Å²) in [7, 11) is -3.53. The van der Waals surface area contributed by atoms with E-state index in [1.807, 2.05) is 0 Å². The molecule has 0 amide bonds. The highest BCUT2D eigenvalue weighted by atomic mass is 32.2. The highest BCUT2D eigenvalue weighted by Crippen LogP contribution is 2.22. The first-order valence-electron chi connectivity index (χ1n) is 10.6. The smallest absolute Gasteiger partial charge is 0.269 e. The molecule has 2 aromatic rings. The van der Waals surface area contributed by atoms with Crippen molar-refractivity contribution in [1.29, 1.82) is 0 Å². The molecule has 2 aliphatic rings. The maximum absolute atomic E-state index is 12.7. The van der Waals surface area contributed by atoms with Crippen LogP contribution >= 0.6 is 12.2 Å². The third kappa shape index (κ3) is 5.41. The Morgan fingerprint density at radius 3 is 2.12 bits per heavy atom. The average molecular weight is 492 g/mol. The summed E-state index contributed by atoms with van der Waals surface area (Å²) in [4.78, 5) is 14.9. The summed E-state index contributed by atoms with van der Waals surface area (Å²) in [5.41, 5.74) is 1.74. The topological polar surface area (TPSA) is 108 Å². The van der Waals surface area contributed by atoms with Gasteiger partial charge in [0.25, 0.3) is 5.69 Å². The molecule has 10 nitrogen and oxygen atoms in total. The van der Waals surface area contributed by atoms with Crippen molar-refractivity contribution in [3.63, 3.8) is 0 Å². The Morgan fingerprint density at radius 2 is 1.55 bits per heavy atom. The van der Waals surface area contributed by atoms with Crippen LogP contribution < -0.4 is 10.2 Å². The molecule has 2 aromatic carbocycles. The molecular formula is C21H25N5O5S2. The summed E-state index contributed by atoms with van der Waals surface area (Å²) in [6.07, 6.45) is 0. The Bertz CT molecular complexity index is 1090. The number of thiocarbonyl (C=S) groups is 1. The summed E-state index contributed by atoms with van der Waals surface area (Å²) in [6, 6.07) is 13.1. The number of benzene rings is 2. The van der Waals surface area contributed by atoms with Gasteiger partial charge in [0.1, 0.15) is 0 Å². The molecule has 12 heteroatoms. The number of ether oxygens (including phenoxy) is 1. The molecule has 0 aliphatic carbocycles. The van der Waals surface area contributed by atoms with E-state index in [0.717, 1.165) is 24.5 Å². The van der Waals surface area contributed by atoms with Gasteiger partial charge in [-0.3, -0.25) is 10.1 Å². The van der Waals surface area contributed by atoms with E-state index in [1.54, 1.807) is 36.4 Å². The van der Waals surface area contributed by atoms with E-state index in [-0.39, 0.29) is 10.6 Å². The van der Waals surface area contributed by atoms with Gasteiger partial charge in [-0.2, -0.15) is 4.31 Å². The first kappa shape index (κ1) is 23.4. The fourth-order valence-electron chi connectivity index (χ4n) is 3.80. The van der Waals surface area contributed by atoms with Gasteiger partial charge in [0, 0.05) is 62.8 Å². The monoisotopic (exact) mass is 491 g/mol. The first-order chi connectivity index (χ1) is 15.8. The van der Waals surface area contributed by atoms with Crippen LogP contribution in [0.4, 0.5) is 17.1 Å². The zero-order valence-electron chi connectivity index (χ0n) is 17.9. The van der Waals surface area contributed by atoms with Crippen LogP contribution in [0.2, 0.25) is 0 Å². The number of rotatable bonds is 5. The predicted octanol–water partition coefficient (Wildman–Crippen LogP) is 2.13. The van der Waals surface area contributed by atoms with E-state index in [4.69, 9.17) is 17.0 Å². The number of nitrogens with one attached hydrogen (secondary N) is 1. The van der Waals surface area contributed by atoms with Gasteiger partial charge in [-0.1, -0.05) is 0 Å². The van der Waals surface area contributed by atoms with Crippen LogP contribution in [0.1, 0.15) is 0 Å². The first-order valence-corrected chi connectivity index (χ1v) is 12.4.